The van der Waals surface area contributed by atoms with Gasteiger partial charge >= 0.3 is 0 Å². The third kappa shape index (κ3) is 2.60. The van der Waals surface area contributed by atoms with Gasteiger partial charge in [0.25, 0.3) is 0 Å². The van der Waals surface area contributed by atoms with Gasteiger partial charge in [0, 0.05) is 11.4 Å². The molecule has 1 nitrogen and oxygen atoms in total. The molecule has 3 rings (SSSR count). The first kappa shape index (κ1) is 14.3. The molecule has 0 aliphatic heterocycles. The number of ketones is 1. The molecular formula is C18H16ClFO. The van der Waals surface area contributed by atoms with Crippen LogP contribution in [0.4, 0.5) is 4.39 Å². The van der Waals surface area contributed by atoms with Gasteiger partial charge in [0.1, 0.15) is 11.6 Å². The van der Waals surface area contributed by atoms with Crippen LogP contribution in [0.2, 0.25) is 5.02 Å². The third-order valence-electron chi connectivity index (χ3n) is 4.43. The van der Waals surface area contributed by atoms with Gasteiger partial charge in [-0.2, -0.15) is 0 Å². The van der Waals surface area contributed by atoms with Gasteiger partial charge in [0.2, 0.25) is 0 Å². The summed E-state index contributed by atoms with van der Waals surface area (Å²) < 4.78 is 13.9. The van der Waals surface area contributed by atoms with Crippen LogP contribution in [0, 0.1) is 5.82 Å². The highest BCUT2D eigenvalue weighted by molar-refractivity contribution is 6.30. The Morgan fingerprint density at radius 2 is 1.86 bits per heavy atom. The molecule has 3 heteroatoms. The summed E-state index contributed by atoms with van der Waals surface area (Å²) in [5, 5.41) is 0.352. The monoisotopic (exact) mass is 302 g/mol. The Bertz CT molecular complexity index is 662. The first-order chi connectivity index (χ1) is 10.1. The summed E-state index contributed by atoms with van der Waals surface area (Å²) in [7, 11) is 0. The van der Waals surface area contributed by atoms with Crippen molar-refractivity contribution in [1.29, 1.82) is 0 Å². The fourth-order valence-corrected chi connectivity index (χ4v) is 3.18. The van der Waals surface area contributed by atoms with Gasteiger partial charge < -0.3 is 0 Å². The Labute approximate surface area is 128 Å². The number of Topliss-reactive ketones (excluding diaryl/α,β-unsaturated/α-hetero) is 1. The van der Waals surface area contributed by atoms with Crippen LogP contribution in [-0.2, 0) is 16.6 Å². The zero-order chi connectivity index (χ0) is 14.9. The molecule has 2 aromatic carbocycles. The van der Waals surface area contributed by atoms with Crippen LogP contribution >= 0.6 is 11.6 Å². The number of benzene rings is 2. The van der Waals surface area contributed by atoms with Crippen LogP contribution < -0.4 is 0 Å². The third-order valence-corrected chi connectivity index (χ3v) is 4.67. The fourth-order valence-electron chi connectivity index (χ4n) is 3.02. The normalized spacial score (nSPS) is 16.3. The van der Waals surface area contributed by atoms with E-state index in [1.54, 1.807) is 12.1 Å². The Hall–Kier alpha value is -1.67. The molecule has 0 heterocycles. The van der Waals surface area contributed by atoms with E-state index in [4.69, 9.17) is 11.6 Å². The van der Waals surface area contributed by atoms with Gasteiger partial charge in [-0.1, -0.05) is 54.4 Å². The highest BCUT2D eigenvalue weighted by Crippen LogP contribution is 2.45. The molecule has 1 saturated carbocycles. The first-order valence-electron chi connectivity index (χ1n) is 7.15. The van der Waals surface area contributed by atoms with Gasteiger partial charge in [-0.05, 0) is 36.1 Å². The molecule has 21 heavy (non-hydrogen) atoms. The van der Waals surface area contributed by atoms with Crippen LogP contribution in [0.3, 0.4) is 0 Å². The van der Waals surface area contributed by atoms with Crippen LogP contribution in [0.1, 0.15) is 30.4 Å². The minimum absolute atomic E-state index is 0.0983. The van der Waals surface area contributed by atoms with Crippen LogP contribution in [0.5, 0.6) is 0 Å². The van der Waals surface area contributed by atoms with E-state index in [1.807, 2.05) is 30.3 Å². The molecule has 0 bridgehead atoms. The highest BCUT2D eigenvalue weighted by atomic mass is 35.5. The van der Waals surface area contributed by atoms with Crippen LogP contribution in [0.15, 0.2) is 48.5 Å². The largest absolute Gasteiger partial charge is 0.298 e. The van der Waals surface area contributed by atoms with Gasteiger partial charge in [-0.3, -0.25) is 4.79 Å². The second-order valence-electron chi connectivity index (χ2n) is 5.64. The number of halogens is 2. The fraction of sp³-hybridized carbons (Fsp3) is 0.278. The van der Waals surface area contributed by atoms with E-state index < -0.39 is 11.2 Å². The van der Waals surface area contributed by atoms with E-state index in [0.717, 1.165) is 24.8 Å². The zero-order valence-electron chi connectivity index (χ0n) is 11.6. The van der Waals surface area contributed by atoms with Gasteiger partial charge in [0.15, 0.2) is 0 Å². The second kappa shape index (κ2) is 5.61. The Morgan fingerprint density at radius 1 is 1.14 bits per heavy atom. The van der Waals surface area contributed by atoms with Crippen molar-refractivity contribution < 1.29 is 9.18 Å². The van der Waals surface area contributed by atoms with Crippen molar-refractivity contribution in [3.8, 4) is 0 Å². The molecule has 0 spiro atoms. The highest BCUT2D eigenvalue weighted by Gasteiger charge is 2.44. The molecule has 1 fully saturated rings. The molecule has 0 aromatic heterocycles. The van der Waals surface area contributed by atoms with E-state index >= 15 is 0 Å². The number of carbonyl (C=O) groups is 1. The van der Waals surface area contributed by atoms with E-state index in [-0.39, 0.29) is 12.2 Å². The molecule has 0 atom stereocenters. The van der Waals surface area contributed by atoms with Crippen molar-refractivity contribution in [1.82, 2.24) is 0 Å². The van der Waals surface area contributed by atoms with Crippen molar-refractivity contribution in [2.45, 2.75) is 31.1 Å². The summed E-state index contributed by atoms with van der Waals surface area (Å²) in [6.45, 7) is 0. The van der Waals surface area contributed by atoms with Crippen molar-refractivity contribution in [2.24, 2.45) is 0 Å². The average Bonchev–Trinajstić information content (AvgIpc) is 2.42. The minimum atomic E-state index is -0.423. The van der Waals surface area contributed by atoms with Crippen molar-refractivity contribution in [3.05, 3.63) is 70.5 Å². The summed E-state index contributed by atoms with van der Waals surface area (Å²) in [5.41, 5.74) is 1.05. The molecule has 2 aromatic rings. The average molecular weight is 303 g/mol. The maximum Gasteiger partial charge on any atom is 0.147 e. The molecule has 0 unspecified atom stereocenters. The second-order valence-corrected chi connectivity index (χ2v) is 6.07. The number of rotatable bonds is 4. The van der Waals surface area contributed by atoms with Crippen LogP contribution in [-0.4, -0.2) is 5.78 Å². The predicted octanol–water partition coefficient (Wildman–Crippen LogP) is 4.71. The Balaban J connectivity index is 1.87. The number of hydrogen-bond acceptors (Lipinski definition) is 1. The molecular weight excluding hydrogens is 287 g/mol. The molecule has 1 aliphatic carbocycles. The predicted molar refractivity (Wildman–Crippen MR) is 82.1 cm³/mol. The maximum atomic E-state index is 13.9. The summed E-state index contributed by atoms with van der Waals surface area (Å²) in [6.07, 6.45) is 2.87. The van der Waals surface area contributed by atoms with Crippen molar-refractivity contribution in [2.75, 3.05) is 0 Å². The molecule has 0 radical (unpaired) electrons. The standard InChI is InChI=1S/C18H16ClFO/c19-15-8-7-13(16(20)12-15)11-17(21)18(9-4-10-18)14-5-2-1-3-6-14/h1-3,5-8,12H,4,9-11H2. The lowest BCUT2D eigenvalue weighted by atomic mass is 9.61. The Morgan fingerprint density at radius 3 is 2.43 bits per heavy atom. The lowest BCUT2D eigenvalue weighted by Crippen LogP contribution is -2.43. The van der Waals surface area contributed by atoms with Gasteiger partial charge in [0.05, 0.1) is 5.41 Å². The summed E-state index contributed by atoms with van der Waals surface area (Å²) in [5.74, 6) is -0.306. The minimum Gasteiger partial charge on any atom is -0.298 e. The molecule has 0 N–H and O–H groups in total. The van der Waals surface area contributed by atoms with Gasteiger partial charge in [-0.15, -0.1) is 0 Å². The zero-order valence-corrected chi connectivity index (χ0v) is 12.4. The maximum absolute atomic E-state index is 13.9. The van der Waals surface area contributed by atoms with E-state index in [9.17, 15) is 9.18 Å². The van der Waals surface area contributed by atoms with E-state index in [0.29, 0.717) is 10.6 Å². The lowest BCUT2D eigenvalue weighted by molar-refractivity contribution is -0.127. The quantitative estimate of drug-likeness (QED) is 0.799. The SMILES string of the molecule is O=C(Cc1ccc(Cl)cc1F)C1(c2ccccc2)CCC1. The number of carbonyl (C=O) groups excluding carboxylic acids is 1. The first-order valence-corrected chi connectivity index (χ1v) is 7.52. The Kier molecular flexibility index (Phi) is 3.81. The topological polar surface area (TPSA) is 17.1 Å². The lowest BCUT2D eigenvalue weighted by Gasteiger charge is -2.41. The summed E-state index contributed by atoms with van der Waals surface area (Å²) >= 11 is 5.75. The number of hydrogen-bond donors (Lipinski definition) is 0. The van der Waals surface area contributed by atoms with Gasteiger partial charge in [-0.25, -0.2) is 4.39 Å². The molecule has 0 saturated heterocycles. The van der Waals surface area contributed by atoms with E-state index in [2.05, 4.69) is 0 Å². The van der Waals surface area contributed by atoms with Crippen molar-refractivity contribution >= 4 is 17.4 Å². The smallest absolute Gasteiger partial charge is 0.147 e. The summed E-state index contributed by atoms with van der Waals surface area (Å²) in [6, 6.07) is 14.3. The molecule has 108 valence electrons. The van der Waals surface area contributed by atoms with Crippen molar-refractivity contribution in [3.63, 3.8) is 0 Å². The van der Waals surface area contributed by atoms with Crippen LogP contribution in [0.25, 0.3) is 0 Å². The molecule has 0 amide bonds. The summed E-state index contributed by atoms with van der Waals surface area (Å²) in [4.78, 5) is 12.8. The van der Waals surface area contributed by atoms with E-state index in [1.165, 1.54) is 6.07 Å². The molecule has 1 aliphatic rings.